The van der Waals surface area contributed by atoms with E-state index < -0.39 is 20.9 Å². The predicted molar refractivity (Wildman–Crippen MR) is 70.1 cm³/mol. The van der Waals surface area contributed by atoms with Crippen LogP contribution in [0.4, 0.5) is 23.8 Å². The fourth-order valence-corrected chi connectivity index (χ4v) is 2.23. The van der Waals surface area contributed by atoms with E-state index in [1.807, 2.05) is 0 Å². The summed E-state index contributed by atoms with van der Waals surface area (Å²) < 4.78 is 76.3. The van der Waals surface area contributed by atoms with Gasteiger partial charge in [-0.25, -0.2) is 4.39 Å². The van der Waals surface area contributed by atoms with Gasteiger partial charge in [0, 0.05) is 5.69 Å². The number of nitrogens with zero attached hydrogens (tertiary/aromatic N) is 1. The van der Waals surface area contributed by atoms with Gasteiger partial charge in [0.2, 0.25) is 0 Å². The van der Waals surface area contributed by atoms with Crippen molar-refractivity contribution in [1.82, 2.24) is 10.2 Å². The van der Waals surface area contributed by atoms with Crippen LogP contribution in [0.2, 0.25) is 0 Å². The Bertz CT molecular complexity index is 700. The molecule has 1 heterocycles. The Kier molecular flexibility index (Phi) is 3.00. The molecule has 2 aromatic rings. The summed E-state index contributed by atoms with van der Waals surface area (Å²) in [5, 5.41) is 6.13. The topological polar surface area (TPSA) is 28.7 Å². The molecule has 9 heteroatoms. The summed E-state index contributed by atoms with van der Waals surface area (Å²) >= 11 is 0. The number of hydrogen-bond acceptors (Lipinski definition) is 1. The molecule has 2 nitrogen and oxygen atoms in total. The van der Waals surface area contributed by atoms with E-state index in [2.05, 4.69) is 10.2 Å². The molecule has 0 unspecified atom stereocenters. The maximum Gasteiger partial charge on any atom is 0.310 e. The maximum atomic E-state index is 13.7. The fraction of sp³-hybridized carbons (Fsp3) is 0.0833. The Morgan fingerprint density at radius 3 is 2.10 bits per heavy atom. The molecule has 0 aliphatic heterocycles. The van der Waals surface area contributed by atoms with Crippen molar-refractivity contribution < 1.29 is 23.8 Å². The maximum absolute atomic E-state index is 13.7. The van der Waals surface area contributed by atoms with E-state index in [9.17, 15) is 23.8 Å². The predicted octanol–water partition coefficient (Wildman–Crippen LogP) is 5.84. The summed E-state index contributed by atoms with van der Waals surface area (Å²) in [4.78, 5) is -2.01. The third-order valence-corrected chi connectivity index (χ3v) is 3.73. The zero-order valence-corrected chi connectivity index (χ0v) is 11.4. The average Bonchev–Trinajstić information content (AvgIpc) is 2.73. The minimum absolute atomic E-state index is 0.0127. The third-order valence-electron chi connectivity index (χ3n) is 2.57. The zero-order valence-electron chi connectivity index (χ0n) is 10.6. The zero-order chi connectivity index (χ0) is 16.0. The summed E-state index contributed by atoms with van der Waals surface area (Å²) in [6, 6.07) is 3.40. The van der Waals surface area contributed by atoms with Gasteiger partial charge in [-0.05, 0) is 36.8 Å². The Hall–Kier alpha value is -1.90. The normalized spacial score (nSPS) is 16.4. The summed E-state index contributed by atoms with van der Waals surface area (Å²) in [7, 11) is -9.69. The summed E-state index contributed by atoms with van der Waals surface area (Å²) in [5.74, 6) is -0.792. The van der Waals surface area contributed by atoms with Crippen molar-refractivity contribution in [2.75, 3.05) is 0 Å². The van der Waals surface area contributed by atoms with Crippen molar-refractivity contribution in [1.29, 1.82) is 0 Å². The van der Waals surface area contributed by atoms with Crippen LogP contribution in [0.15, 0.2) is 35.2 Å². The molecule has 0 fully saturated rings. The Morgan fingerprint density at radius 2 is 1.67 bits per heavy atom. The Morgan fingerprint density at radius 1 is 1.10 bits per heavy atom. The monoisotopic (exact) mass is 328 g/mol. The van der Waals surface area contributed by atoms with Gasteiger partial charge in [0.1, 0.15) is 10.6 Å². The van der Waals surface area contributed by atoms with Gasteiger partial charge in [-0.3, -0.25) is 5.10 Å². The number of H-pyrrole nitrogens is 1. The van der Waals surface area contributed by atoms with Crippen molar-refractivity contribution in [3.8, 4) is 0 Å². The lowest BCUT2D eigenvalue weighted by Crippen LogP contribution is -2.05. The van der Waals surface area contributed by atoms with Gasteiger partial charge in [-0.2, -0.15) is 5.10 Å². The average molecular weight is 328 g/mol. The molecule has 0 amide bonds. The van der Waals surface area contributed by atoms with Gasteiger partial charge in [-0.1, -0.05) is 31.6 Å². The number of aryl methyl sites for hydroxylation is 1. The van der Waals surface area contributed by atoms with Crippen LogP contribution >= 0.6 is 10.2 Å². The largest absolute Gasteiger partial charge is 0.310 e. The molecule has 0 aliphatic carbocycles. The van der Waals surface area contributed by atoms with Gasteiger partial charge < -0.3 is 0 Å². The van der Waals surface area contributed by atoms with Gasteiger partial charge in [0.25, 0.3) is 0 Å². The van der Waals surface area contributed by atoms with Crippen LogP contribution in [0.5, 0.6) is 0 Å². The minimum atomic E-state index is -9.69. The standard InChI is InChI=1S/C12H10F6N2S/c1-8-6-12(20-19-8)11(13)7-9-2-4-10(5-3-9)21(14,15,16,17)18/h2-7H,1H3,(H,19,20)/b11-7-. The second-order valence-electron chi connectivity index (χ2n) is 4.47. The van der Waals surface area contributed by atoms with E-state index >= 15 is 0 Å². The van der Waals surface area contributed by atoms with Crippen LogP contribution in [0.25, 0.3) is 11.9 Å². The molecule has 0 spiro atoms. The summed E-state index contributed by atoms with van der Waals surface area (Å²) in [6.45, 7) is 1.65. The van der Waals surface area contributed by atoms with Crippen LogP contribution in [0.3, 0.4) is 0 Å². The number of halogens is 6. The molecular formula is C12H10F6N2S. The highest BCUT2D eigenvalue weighted by atomic mass is 32.5. The lowest BCUT2D eigenvalue weighted by Gasteiger charge is -2.40. The van der Waals surface area contributed by atoms with Crippen LogP contribution in [0, 0.1) is 6.92 Å². The molecule has 0 bridgehead atoms. The highest BCUT2D eigenvalue weighted by Crippen LogP contribution is 3.02. The first-order chi connectivity index (χ1) is 9.35. The highest BCUT2D eigenvalue weighted by molar-refractivity contribution is 8.45. The first kappa shape index (κ1) is 15.5. The van der Waals surface area contributed by atoms with Crippen LogP contribution in [-0.4, -0.2) is 10.2 Å². The van der Waals surface area contributed by atoms with E-state index in [1.54, 1.807) is 6.92 Å². The number of rotatable bonds is 3. The molecule has 2 rings (SSSR count). The lowest BCUT2D eigenvalue weighted by atomic mass is 10.2. The van der Waals surface area contributed by atoms with Gasteiger partial charge in [0.05, 0.1) is 0 Å². The smallest absolute Gasteiger partial charge is 0.282 e. The molecule has 0 atom stereocenters. The summed E-state index contributed by atoms with van der Waals surface area (Å²) in [6.07, 6.45) is 0.908. The second-order valence-corrected chi connectivity index (χ2v) is 6.88. The molecule has 1 aromatic carbocycles. The van der Waals surface area contributed by atoms with Crippen molar-refractivity contribution in [2.24, 2.45) is 0 Å². The third kappa shape index (κ3) is 3.81. The van der Waals surface area contributed by atoms with Crippen molar-refractivity contribution >= 4 is 22.1 Å². The van der Waals surface area contributed by atoms with E-state index in [-0.39, 0.29) is 23.4 Å². The summed E-state index contributed by atoms with van der Waals surface area (Å²) in [5.41, 5.74) is 0.591. The Balaban J connectivity index is 2.33. The van der Waals surface area contributed by atoms with Gasteiger partial charge >= 0.3 is 10.2 Å². The molecule has 1 aromatic heterocycles. The molecule has 0 saturated heterocycles. The van der Waals surface area contributed by atoms with Crippen molar-refractivity contribution in [3.05, 3.63) is 47.3 Å². The van der Waals surface area contributed by atoms with Crippen LogP contribution < -0.4 is 0 Å². The first-order valence-electron chi connectivity index (χ1n) is 5.59. The molecule has 0 aliphatic rings. The molecule has 116 valence electrons. The molecule has 21 heavy (non-hydrogen) atoms. The quantitative estimate of drug-likeness (QED) is 0.704. The van der Waals surface area contributed by atoms with E-state index in [0.717, 1.165) is 18.2 Å². The number of benzene rings is 1. The molecule has 0 radical (unpaired) electrons. The second kappa shape index (κ2) is 4.06. The highest BCUT2D eigenvalue weighted by Gasteiger charge is 2.65. The SMILES string of the molecule is Cc1cc(/C(F)=C/c2ccc(S(F)(F)(F)(F)F)cc2)n[nH]1. The number of aromatic amines is 1. The van der Waals surface area contributed by atoms with Crippen molar-refractivity contribution in [2.45, 2.75) is 11.8 Å². The van der Waals surface area contributed by atoms with E-state index in [4.69, 9.17) is 0 Å². The van der Waals surface area contributed by atoms with E-state index in [1.165, 1.54) is 6.07 Å². The molecule has 1 N–H and O–H groups in total. The van der Waals surface area contributed by atoms with Crippen LogP contribution in [-0.2, 0) is 0 Å². The number of hydrogen-bond donors (Lipinski definition) is 1. The van der Waals surface area contributed by atoms with Gasteiger partial charge in [0.15, 0.2) is 5.83 Å². The molecule has 0 saturated carbocycles. The van der Waals surface area contributed by atoms with Crippen LogP contribution in [0.1, 0.15) is 17.0 Å². The number of aromatic nitrogens is 2. The lowest BCUT2D eigenvalue weighted by molar-refractivity contribution is 0.364. The van der Waals surface area contributed by atoms with Crippen molar-refractivity contribution in [3.63, 3.8) is 0 Å². The molecular weight excluding hydrogens is 318 g/mol. The van der Waals surface area contributed by atoms with E-state index in [0.29, 0.717) is 5.69 Å². The first-order valence-corrected chi connectivity index (χ1v) is 7.54. The Labute approximate surface area is 116 Å². The minimum Gasteiger partial charge on any atom is -0.282 e. The van der Waals surface area contributed by atoms with Gasteiger partial charge in [-0.15, -0.1) is 0 Å². The fourth-order valence-electron chi connectivity index (χ4n) is 1.58. The number of nitrogens with one attached hydrogen (secondary N) is 1.